The predicted octanol–water partition coefficient (Wildman–Crippen LogP) is 8.25. The van der Waals surface area contributed by atoms with Crippen LogP contribution in [-0.4, -0.2) is 41.0 Å². The van der Waals surface area contributed by atoms with E-state index in [0.717, 1.165) is 46.7 Å². The van der Waals surface area contributed by atoms with Gasteiger partial charge in [0.25, 0.3) is 5.91 Å². The summed E-state index contributed by atoms with van der Waals surface area (Å²) >= 11 is 6.75. The molecule has 4 aromatic carbocycles. The number of ether oxygens (including phenoxy) is 2. The first-order valence-electron chi connectivity index (χ1n) is 16.0. The van der Waals surface area contributed by atoms with E-state index in [4.69, 9.17) is 21.1 Å². The number of piperidine rings is 1. The topological polar surface area (TPSA) is 88.1 Å². The van der Waals surface area contributed by atoms with Crippen LogP contribution in [0.3, 0.4) is 0 Å². The fraction of sp³-hybridized carbons (Fsp3) is 0.316. The summed E-state index contributed by atoms with van der Waals surface area (Å²) < 4.78 is 40.2. The van der Waals surface area contributed by atoms with Crippen LogP contribution in [0.5, 0.6) is 11.5 Å². The van der Waals surface area contributed by atoms with Crippen LogP contribution in [0.25, 0.3) is 11.1 Å². The second kappa shape index (κ2) is 15.6. The van der Waals surface area contributed by atoms with Gasteiger partial charge in [0.1, 0.15) is 42.4 Å². The molecule has 1 aliphatic rings. The second-order valence-electron chi connectivity index (χ2n) is 12.0. The maximum Gasteiger partial charge on any atom is 0.320 e. The Labute approximate surface area is 284 Å². The third kappa shape index (κ3) is 8.14. The molecule has 48 heavy (non-hydrogen) atoms. The largest absolute Gasteiger partial charge is 0.488 e. The molecule has 1 amide bonds. The Hall–Kier alpha value is -4.47. The minimum absolute atomic E-state index is 0.119. The van der Waals surface area contributed by atoms with Crippen molar-refractivity contribution in [2.75, 3.05) is 13.1 Å². The number of halogens is 3. The molecule has 1 aliphatic heterocycles. The summed E-state index contributed by atoms with van der Waals surface area (Å²) in [5.74, 6) is -1.72. The zero-order valence-electron chi connectivity index (χ0n) is 27.2. The lowest BCUT2D eigenvalue weighted by Gasteiger charge is -2.33. The highest BCUT2D eigenvalue weighted by Crippen LogP contribution is 2.37. The maximum absolute atomic E-state index is 13.9. The van der Waals surface area contributed by atoms with Gasteiger partial charge >= 0.3 is 5.97 Å². The molecule has 0 bridgehead atoms. The number of amides is 1. The Balaban J connectivity index is 1.42. The van der Waals surface area contributed by atoms with Crippen molar-refractivity contribution in [3.63, 3.8) is 0 Å². The zero-order chi connectivity index (χ0) is 34.4. The average molecular weight is 677 g/mol. The van der Waals surface area contributed by atoms with Gasteiger partial charge in [-0.1, -0.05) is 48.4 Å². The fourth-order valence-electron chi connectivity index (χ4n) is 6.19. The van der Waals surface area contributed by atoms with Crippen LogP contribution in [0.1, 0.15) is 64.4 Å². The van der Waals surface area contributed by atoms with Crippen molar-refractivity contribution in [2.24, 2.45) is 0 Å². The molecule has 1 atom stereocenters. The van der Waals surface area contributed by atoms with Gasteiger partial charge in [-0.2, -0.15) is 0 Å². The summed E-state index contributed by atoms with van der Waals surface area (Å²) in [6.07, 6.45) is 2.23. The number of carbonyl (C=O) groups excluding carboxylic acids is 1. The minimum atomic E-state index is -0.887. The van der Waals surface area contributed by atoms with E-state index in [0.29, 0.717) is 52.7 Å². The molecule has 1 fully saturated rings. The number of carboxylic acids is 1. The monoisotopic (exact) mass is 676 g/mol. The lowest BCUT2D eigenvalue weighted by atomic mass is 9.91. The van der Waals surface area contributed by atoms with Crippen LogP contribution in [0, 0.1) is 25.5 Å². The molecule has 252 valence electrons. The number of nitrogens with zero attached hydrogens (tertiary/aromatic N) is 1. The summed E-state index contributed by atoms with van der Waals surface area (Å²) in [5.41, 5.74) is 6.25. The van der Waals surface area contributed by atoms with Crippen molar-refractivity contribution in [1.29, 1.82) is 0 Å². The normalized spacial score (nSPS) is 14.8. The molecule has 10 heteroatoms. The molecule has 1 heterocycles. The van der Waals surface area contributed by atoms with Gasteiger partial charge in [-0.15, -0.1) is 0 Å². The molecular formula is C38H39ClF2N2O5. The van der Waals surface area contributed by atoms with Gasteiger partial charge in [0.15, 0.2) is 0 Å². The lowest BCUT2D eigenvalue weighted by molar-refractivity contribution is -0.144. The van der Waals surface area contributed by atoms with E-state index in [1.807, 2.05) is 62.1 Å². The standard InChI is InChI=1S/C38H39ClF2N2O5/c1-4-42-37(44)32-12-8-11-31(24(32)3)30-10-7-9-26(23(30)2)22-48-36-19-35(47-21-25-15-28(40)18-29(41)16-25)27(17-33(36)39)20-43-14-6-5-13-34(43)38(45)46/h7-12,15-19,34H,4-6,13-14,20-22H2,1-3H3,(H,42,44)(H,45,46)/t34-/m0/s1. The first-order chi connectivity index (χ1) is 23.0. The van der Waals surface area contributed by atoms with E-state index < -0.39 is 23.6 Å². The van der Waals surface area contributed by atoms with Crippen molar-refractivity contribution in [3.8, 4) is 22.6 Å². The van der Waals surface area contributed by atoms with Gasteiger partial charge in [0.05, 0.1) is 5.02 Å². The predicted molar refractivity (Wildman–Crippen MR) is 182 cm³/mol. The Morgan fingerprint density at radius 2 is 1.58 bits per heavy atom. The number of nitrogens with one attached hydrogen (secondary N) is 1. The number of carboxylic acid groups (broad SMARTS) is 1. The molecular weight excluding hydrogens is 638 g/mol. The van der Waals surface area contributed by atoms with Crippen molar-refractivity contribution in [1.82, 2.24) is 10.2 Å². The van der Waals surface area contributed by atoms with Gasteiger partial charge in [0, 0.05) is 36.3 Å². The highest BCUT2D eigenvalue weighted by molar-refractivity contribution is 6.32. The Morgan fingerprint density at radius 3 is 2.29 bits per heavy atom. The Bertz CT molecular complexity index is 1790. The molecule has 0 aliphatic carbocycles. The molecule has 0 radical (unpaired) electrons. The maximum atomic E-state index is 13.9. The van der Waals surface area contributed by atoms with Crippen molar-refractivity contribution in [3.05, 3.63) is 117 Å². The molecule has 0 unspecified atom stereocenters. The highest BCUT2D eigenvalue weighted by atomic mass is 35.5. The van der Waals surface area contributed by atoms with Crippen molar-refractivity contribution >= 4 is 23.5 Å². The Kier molecular flexibility index (Phi) is 11.3. The number of rotatable bonds is 12. The van der Waals surface area contributed by atoms with Gasteiger partial charge in [-0.3, -0.25) is 14.5 Å². The molecule has 4 aromatic rings. The number of hydrogen-bond donors (Lipinski definition) is 2. The number of aliphatic carboxylic acids is 1. The number of benzene rings is 4. The van der Waals surface area contributed by atoms with E-state index in [-0.39, 0.29) is 25.7 Å². The van der Waals surface area contributed by atoms with Crippen molar-refractivity contribution < 1.29 is 33.0 Å². The molecule has 0 spiro atoms. The van der Waals surface area contributed by atoms with E-state index in [1.54, 1.807) is 12.1 Å². The van der Waals surface area contributed by atoms with Crippen molar-refractivity contribution in [2.45, 2.75) is 65.8 Å². The summed E-state index contributed by atoms with van der Waals surface area (Å²) in [6.45, 7) is 7.27. The van der Waals surface area contributed by atoms with Gasteiger partial charge in [-0.05, 0) is 97.8 Å². The van der Waals surface area contributed by atoms with Crippen LogP contribution < -0.4 is 14.8 Å². The number of carbonyl (C=O) groups is 2. The van der Waals surface area contributed by atoms with Gasteiger partial charge in [0.2, 0.25) is 0 Å². The average Bonchev–Trinajstić information content (AvgIpc) is 3.04. The first kappa shape index (κ1) is 34.9. The lowest BCUT2D eigenvalue weighted by Crippen LogP contribution is -2.44. The highest BCUT2D eigenvalue weighted by Gasteiger charge is 2.29. The summed E-state index contributed by atoms with van der Waals surface area (Å²) in [5, 5.41) is 13.0. The van der Waals surface area contributed by atoms with E-state index in [9.17, 15) is 23.5 Å². The summed E-state index contributed by atoms with van der Waals surface area (Å²) in [6, 6.07) is 17.5. The first-order valence-corrected chi connectivity index (χ1v) is 16.4. The molecule has 0 saturated carbocycles. The van der Waals surface area contributed by atoms with E-state index in [1.165, 1.54) is 12.1 Å². The Morgan fingerprint density at radius 1 is 0.896 bits per heavy atom. The van der Waals surface area contributed by atoms with E-state index in [2.05, 4.69) is 5.32 Å². The van der Waals surface area contributed by atoms with Crippen LogP contribution in [0.2, 0.25) is 5.02 Å². The SMILES string of the molecule is CCNC(=O)c1cccc(-c2cccc(COc3cc(OCc4cc(F)cc(F)c4)c(CN4CCCC[C@H]4C(=O)O)cc3Cl)c2C)c1C. The fourth-order valence-corrected chi connectivity index (χ4v) is 6.44. The molecule has 2 N–H and O–H groups in total. The van der Waals surface area contributed by atoms with Crippen LogP contribution in [-0.2, 0) is 24.6 Å². The summed E-state index contributed by atoms with van der Waals surface area (Å²) in [7, 11) is 0. The van der Waals surface area contributed by atoms with Crippen LogP contribution in [0.4, 0.5) is 8.78 Å². The van der Waals surface area contributed by atoms with Gasteiger partial charge < -0.3 is 19.9 Å². The summed E-state index contributed by atoms with van der Waals surface area (Å²) in [4.78, 5) is 26.5. The second-order valence-corrected chi connectivity index (χ2v) is 12.4. The van der Waals surface area contributed by atoms with Crippen LogP contribution >= 0.6 is 11.6 Å². The smallest absolute Gasteiger partial charge is 0.320 e. The van der Waals surface area contributed by atoms with Crippen LogP contribution in [0.15, 0.2) is 66.7 Å². The zero-order valence-corrected chi connectivity index (χ0v) is 28.0. The van der Waals surface area contributed by atoms with Gasteiger partial charge in [-0.25, -0.2) is 8.78 Å². The molecule has 5 rings (SSSR count). The number of likely N-dealkylation sites (tertiary alicyclic amines) is 1. The number of hydrogen-bond acceptors (Lipinski definition) is 5. The molecule has 7 nitrogen and oxygen atoms in total. The third-order valence-electron chi connectivity index (χ3n) is 8.74. The minimum Gasteiger partial charge on any atom is -0.488 e. The van der Waals surface area contributed by atoms with E-state index >= 15 is 0 Å². The quantitative estimate of drug-likeness (QED) is 0.157. The molecule has 0 aromatic heterocycles. The third-order valence-corrected chi connectivity index (χ3v) is 9.03. The molecule has 1 saturated heterocycles.